The Labute approximate surface area is 308 Å². The molecule has 1 atom stereocenters. The van der Waals surface area contributed by atoms with E-state index in [4.69, 9.17) is 9.47 Å². The van der Waals surface area contributed by atoms with E-state index in [2.05, 4.69) is 58.3 Å². The second kappa shape index (κ2) is 17.4. The lowest BCUT2D eigenvalue weighted by Gasteiger charge is -2.47. The number of methoxy groups -OCH3 is 1. The molecule has 0 heterocycles. The molecular formula is C45H64N2O4. The number of benzene rings is 2. The molecule has 6 heteroatoms. The smallest absolute Gasteiger partial charge is 0.252 e. The Morgan fingerprint density at radius 1 is 0.608 bits per heavy atom. The van der Waals surface area contributed by atoms with Crippen LogP contribution in [0.5, 0.6) is 0 Å². The summed E-state index contributed by atoms with van der Waals surface area (Å²) < 4.78 is 13.3. The van der Waals surface area contributed by atoms with E-state index in [-0.39, 0.29) is 30.5 Å². The van der Waals surface area contributed by atoms with Crippen molar-refractivity contribution in [3.63, 3.8) is 0 Å². The molecule has 0 N–H and O–H groups in total. The van der Waals surface area contributed by atoms with Gasteiger partial charge in [0.05, 0.1) is 6.61 Å². The number of fused-ring (bicyclic) bond motifs is 3. The molecule has 0 aliphatic heterocycles. The van der Waals surface area contributed by atoms with E-state index in [9.17, 15) is 4.79 Å². The lowest BCUT2D eigenvalue weighted by atomic mass is 9.72. The van der Waals surface area contributed by atoms with Crippen LogP contribution < -0.4 is 0 Å². The Kier molecular flexibility index (Phi) is 12.5. The second-order valence-corrected chi connectivity index (χ2v) is 16.9. The topological polar surface area (TPSA) is 59.1 Å². The molecule has 278 valence electrons. The van der Waals surface area contributed by atoms with Crippen molar-refractivity contribution in [2.24, 2.45) is 5.41 Å². The standard InChI is InChI=1S/C45H64N2O4/c1-50-43(44(49)47(38-24-10-4-11-25-38)39-26-12-5-13-27-39)45(30-34-18-14-16-28-40(34)41-29-17-15-19-35(41)31-45)33-51-32-42(48)46(36-20-6-2-7-21-36)37-22-8-3-9-23-37/h14-19,28-29,36-39,43H,2-13,20-27,30-33H2,1H3. The molecule has 7 rings (SSSR count). The van der Waals surface area contributed by atoms with Crippen LogP contribution in [0.4, 0.5) is 0 Å². The summed E-state index contributed by atoms with van der Waals surface area (Å²) in [5, 5.41) is 0. The summed E-state index contributed by atoms with van der Waals surface area (Å²) in [7, 11) is 1.74. The molecule has 0 radical (unpaired) electrons. The quantitative estimate of drug-likeness (QED) is 0.235. The molecule has 4 saturated carbocycles. The molecule has 1 unspecified atom stereocenters. The van der Waals surface area contributed by atoms with E-state index in [1.54, 1.807) is 7.11 Å². The predicted octanol–water partition coefficient (Wildman–Crippen LogP) is 9.46. The first-order chi connectivity index (χ1) is 25.1. The molecule has 0 bridgehead atoms. The van der Waals surface area contributed by atoms with E-state index < -0.39 is 11.5 Å². The molecule has 4 fully saturated rings. The first-order valence-corrected chi connectivity index (χ1v) is 21.0. The highest BCUT2D eigenvalue weighted by atomic mass is 16.5. The number of hydrogen-bond acceptors (Lipinski definition) is 4. The minimum Gasteiger partial charge on any atom is -0.371 e. The molecule has 5 aliphatic carbocycles. The Bertz CT molecular complexity index is 1350. The number of amides is 2. The monoisotopic (exact) mass is 696 g/mol. The maximum atomic E-state index is 15.4. The van der Waals surface area contributed by atoms with Gasteiger partial charge in [0, 0.05) is 36.7 Å². The zero-order chi connectivity index (χ0) is 35.0. The molecule has 0 spiro atoms. The van der Waals surface area contributed by atoms with Crippen LogP contribution >= 0.6 is 0 Å². The zero-order valence-corrected chi connectivity index (χ0v) is 31.5. The van der Waals surface area contributed by atoms with Gasteiger partial charge in [-0.2, -0.15) is 0 Å². The summed E-state index contributed by atoms with van der Waals surface area (Å²) in [6.45, 7) is 0.371. The largest absolute Gasteiger partial charge is 0.371 e. The third-order valence-corrected chi connectivity index (χ3v) is 13.5. The molecule has 2 amide bonds. The highest BCUT2D eigenvalue weighted by molar-refractivity contribution is 5.84. The summed E-state index contributed by atoms with van der Waals surface area (Å²) in [6, 6.07) is 18.6. The normalized spacial score (nSPS) is 22.7. The van der Waals surface area contributed by atoms with Gasteiger partial charge in [-0.1, -0.05) is 126 Å². The van der Waals surface area contributed by atoms with Gasteiger partial charge in [-0.3, -0.25) is 9.59 Å². The minimum absolute atomic E-state index is 0.0671. The Balaban J connectivity index is 1.22. The number of ether oxygens (including phenoxy) is 2. The van der Waals surface area contributed by atoms with Gasteiger partial charge in [0.15, 0.2) is 0 Å². The van der Waals surface area contributed by atoms with Crippen LogP contribution in [-0.4, -0.2) is 72.2 Å². The zero-order valence-electron chi connectivity index (χ0n) is 31.5. The number of carbonyl (C=O) groups is 2. The molecule has 6 nitrogen and oxygen atoms in total. The van der Waals surface area contributed by atoms with Crippen molar-refractivity contribution in [2.45, 2.75) is 172 Å². The summed E-state index contributed by atoms with van der Waals surface area (Å²) >= 11 is 0. The second-order valence-electron chi connectivity index (χ2n) is 16.9. The average molecular weight is 697 g/mol. The van der Waals surface area contributed by atoms with Crippen LogP contribution in [0.25, 0.3) is 11.1 Å². The van der Waals surface area contributed by atoms with E-state index in [1.807, 2.05) is 0 Å². The number of rotatable bonds is 11. The maximum absolute atomic E-state index is 15.4. The lowest BCUT2D eigenvalue weighted by molar-refractivity contribution is -0.163. The average Bonchev–Trinajstić information content (AvgIpc) is 3.32. The van der Waals surface area contributed by atoms with Gasteiger partial charge in [-0.15, -0.1) is 0 Å². The first kappa shape index (κ1) is 36.6. The highest BCUT2D eigenvalue weighted by Crippen LogP contribution is 2.44. The van der Waals surface area contributed by atoms with E-state index in [1.165, 1.54) is 99.3 Å². The third-order valence-electron chi connectivity index (χ3n) is 13.5. The van der Waals surface area contributed by atoms with Crippen molar-refractivity contribution in [1.82, 2.24) is 9.80 Å². The van der Waals surface area contributed by atoms with Crippen LogP contribution in [0, 0.1) is 5.41 Å². The van der Waals surface area contributed by atoms with Crippen molar-refractivity contribution in [2.75, 3.05) is 20.3 Å². The Morgan fingerprint density at radius 2 is 1.00 bits per heavy atom. The van der Waals surface area contributed by atoms with Crippen molar-refractivity contribution in [3.8, 4) is 11.1 Å². The fourth-order valence-electron chi connectivity index (χ4n) is 11.0. The molecule has 0 saturated heterocycles. The van der Waals surface area contributed by atoms with E-state index >= 15 is 4.79 Å². The predicted molar refractivity (Wildman–Crippen MR) is 205 cm³/mol. The van der Waals surface area contributed by atoms with Gasteiger partial charge in [0.2, 0.25) is 5.91 Å². The molecule has 2 aromatic rings. The van der Waals surface area contributed by atoms with Crippen LogP contribution in [0.1, 0.15) is 140 Å². The number of hydrogen-bond donors (Lipinski definition) is 0. The lowest BCUT2D eigenvalue weighted by Crippen LogP contribution is -2.59. The Morgan fingerprint density at radius 3 is 1.41 bits per heavy atom. The minimum atomic E-state index is -0.677. The maximum Gasteiger partial charge on any atom is 0.252 e. The van der Waals surface area contributed by atoms with Crippen molar-refractivity contribution in [1.29, 1.82) is 0 Å². The summed E-state index contributed by atoms with van der Waals surface area (Å²) in [6.07, 6.45) is 24.1. The van der Waals surface area contributed by atoms with E-state index in [0.29, 0.717) is 31.5 Å². The van der Waals surface area contributed by atoms with Gasteiger partial charge in [0.25, 0.3) is 5.91 Å². The van der Waals surface area contributed by atoms with Gasteiger partial charge >= 0.3 is 0 Å². The number of nitrogens with zero attached hydrogens (tertiary/aromatic N) is 2. The fourth-order valence-corrected chi connectivity index (χ4v) is 11.0. The third kappa shape index (κ3) is 8.28. The van der Waals surface area contributed by atoms with Gasteiger partial charge < -0.3 is 19.3 Å². The molecular weight excluding hydrogens is 633 g/mol. The van der Waals surface area contributed by atoms with Crippen molar-refractivity contribution >= 4 is 11.8 Å². The summed E-state index contributed by atoms with van der Waals surface area (Å²) in [4.78, 5) is 34.3. The van der Waals surface area contributed by atoms with Gasteiger partial charge in [-0.25, -0.2) is 0 Å². The molecule has 5 aliphatic rings. The first-order valence-electron chi connectivity index (χ1n) is 21.0. The number of carbonyl (C=O) groups excluding carboxylic acids is 2. The van der Waals surface area contributed by atoms with Crippen LogP contribution in [0.3, 0.4) is 0 Å². The van der Waals surface area contributed by atoms with Crippen LogP contribution in [-0.2, 0) is 31.9 Å². The van der Waals surface area contributed by atoms with Gasteiger partial charge in [0.1, 0.15) is 12.7 Å². The fraction of sp³-hybridized carbons (Fsp3) is 0.689. The van der Waals surface area contributed by atoms with E-state index in [0.717, 1.165) is 51.4 Å². The van der Waals surface area contributed by atoms with Crippen molar-refractivity contribution in [3.05, 3.63) is 59.7 Å². The molecule has 51 heavy (non-hydrogen) atoms. The van der Waals surface area contributed by atoms with Crippen molar-refractivity contribution < 1.29 is 19.1 Å². The SMILES string of the molecule is COC(C(=O)N(C1CCCCC1)C1CCCCC1)C1(COCC(=O)N(C2CCCCC2)C2CCCCC2)Cc2ccccc2-c2ccccc2C1. The highest BCUT2D eigenvalue weighted by Gasteiger charge is 2.49. The van der Waals surface area contributed by atoms with Crippen LogP contribution in [0.2, 0.25) is 0 Å². The molecule has 0 aromatic heterocycles. The Hall–Kier alpha value is -2.70. The summed E-state index contributed by atoms with van der Waals surface area (Å²) in [5.41, 5.74) is 4.23. The van der Waals surface area contributed by atoms with Crippen LogP contribution in [0.15, 0.2) is 48.5 Å². The van der Waals surface area contributed by atoms with Gasteiger partial charge in [-0.05, 0) is 86.5 Å². The summed E-state index contributed by atoms with van der Waals surface area (Å²) in [5.74, 6) is 0.291. The molecule has 2 aromatic carbocycles.